The highest BCUT2D eigenvalue weighted by Gasteiger charge is 2.13. The van der Waals surface area contributed by atoms with E-state index >= 15 is 0 Å². The zero-order chi connectivity index (χ0) is 17.6. The van der Waals surface area contributed by atoms with Crippen LogP contribution >= 0.6 is 0 Å². The highest BCUT2D eigenvalue weighted by atomic mass is 19.1. The summed E-state index contributed by atoms with van der Waals surface area (Å²) in [6.07, 6.45) is 1.59. The van der Waals surface area contributed by atoms with E-state index in [1.807, 2.05) is 0 Å². The number of rotatable bonds is 5. The Labute approximate surface area is 141 Å². The van der Waals surface area contributed by atoms with E-state index in [1.165, 1.54) is 30.3 Å². The molecule has 0 bridgehead atoms. The molecular formula is C17H14FN3O4. The topological polar surface area (TPSA) is 96.4 Å². The lowest BCUT2D eigenvalue weighted by molar-refractivity contribution is 0.0826. The van der Waals surface area contributed by atoms with E-state index in [0.29, 0.717) is 17.2 Å². The molecule has 2 aromatic heterocycles. The quantitative estimate of drug-likeness (QED) is 0.620. The van der Waals surface area contributed by atoms with Gasteiger partial charge < -0.3 is 14.1 Å². The number of ether oxygens (including phenoxy) is 1. The molecular weight excluding hydrogens is 329 g/mol. The van der Waals surface area contributed by atoms with E-state index in [1.54, 1.807) is 24.4 Å². The second-order valence-corrected chi connectivity index (χ2v) is 5.00. The summed E-state index contributed by atoms with van der Waals surface area (Å²) < 4.78 is 23.6. The number of carbonyl (C=O) groups excluding carboxylic acids is 2. The monoisotopic (exact) mass is 343 g/mol. The minimum Gasteiger partial charge on any atom is -0.486 e. The molecule has 0 aliphatic rings. The first-order valence-corrected chi connectivity index (χ1v) is 7.33. The summed E-state index contributed by atoms with van der Waals surface area (Å²) in [5.74, 6) is -0.542. The zero-order valence-corrected chi connectivity index (χ0v) is 12.9. The van der Waals surface area contributed by atoms with Crippen LogP contribution in [0.3, 0.4) is 0 Å². The predicted molar refractivity (Wildman–Crippen MR) is 85.2 cm³/mol. The lowest BCUT2D eigenvalue weighted by atomic mass is 10.3. The van der Waals surface area contributed by atoms with Crippen molar-refractivity contribution in [2.24, 2.45) is 0 Å². The van der Waals surface area contributed by atoms with E-state index < -0.39 is 11.8 Å². The van der Waals surface area contributed by atoms with Gasteiger partial charge in [0.05, 0.1) is 0 Å². The summed E-state index contributed by atoms with van der Waals surface area (Å²) in [5, 5.41) is 0. The van der Waals surface area contributed by atoms with Crippen molar-refractivity contribution in [3.05, 3.63) is 77.8 Å². The number of aromatic nitrogens is 1. The lowest BCUT2D eigenvalue weighted by Crippen LogP contribution is -2.41. The van der Waals surface area contributed by atoms with Gasteiger partial charge in [-0.1, -0.05) is 0 Å². The average molecular weight is 343 g/mol. The van der Waals surface area contributed by atoms with Crippen LogP contribution in [0.15, 0.2) is 59.1 Å². The molecule has 0 unspecified atom stereocenters. The third-order valence-electron chi connectivity index (χ3n) is 3.21. The van der Waals surface area contributed by atoms with Crippen LogP contribution in [0.4, 0.5) is 4.39 Å². The third-order valence-corrected chi connectivity index (χ3v) is 3.21. The number of H-pyrrole nitrogens is 1. The van der Waals surface area contributed by atoms with Crippen LogP contribution in [0.1, 0.15) is 26.8 Å². The first kappa shape index (κ1) is 16.3. The largest absolute Gasteiger partial charge is 0.486 e. The zero-order valence-electron chi connectivity index (χ0n) is 12.9. The molecule has 2 amide bonds. The molecule has 0 spiro atoms. The van der Waals surface area contributed by atoms with Crippen LogP contribution in [0.25, 0.3) is 0 Å². The van der Waals surface area contributed by atoms with Crippen molar-refractivity contribution in [1.29, 1.82) is 0 Å². The molecule has 3 N–H and O–H groups in total. The molecule has 3 aromatic rings. The van der Waals surface area contributed by atoms with E-state index in [4.69, 9.17) is 9.15 Å². The van der Waals surface area contributed by atoms with Crippen LogP contribution < -0.4 is 15.6 Å². The SMILES string of the molecule is O=C(NNC(=O)c1ccc(COc2ccc(F)cc2)o1)c1ccc[nH]1. The third kappa shape index (κ3) is 4.25. The number of carbonyl (C=O) groups is 2. The average Bonchev–Trinajstić information content (AvgIpc) is 3.30. The van der Waals surface area contributed by atoms with Crippen molar-refractivity contribution < 1.29 is 23.1 Å². The Morgan fingerprint density at radius 2 is 1.80 bits per heavy atom. The number of halogens is 1. The second kappa shape index (κ2) is 7.35. The minimum absolute atomic E-state index is 0.0180. The molecule has 0 aliphatic carbocycles. The van der Waals surface area contributed by atoms with E-state index in [9.17, 15) is 14.0 Å². The molecule has 128 valence electrons. The highest BCUT2D eigenvalue weighted by molar-refractivity contribution is 5.96. The molecule has 1 aromatic carbocycles. The smallest absolute Gasteiger partial charge is 0.305 e. The van der Waals surface area contributed by atoms with Gasteiger partial charge in [-0.15, -0.1) is 0 Å². The summed E-state index contributed by atoms with van der Waals surface area (Å²) >= 11 is 0. The number of hydrogen-bond acceptors (Lipinski definition) is 4. The summed E-state index contributed by atoms with van der Waals surface area (Å²) in [5.41, 5.74) is 4.82. The Morgan fingerprint density at radius 1 is 1.04 bits per heavy atom. The van der Waals surface area contributed by atoms with Crippen molar-refractivity contribution in [2.45, 2.75) is 6.61 Å². The number of amides is 2. The lowest BCUT2D eigenvalue weighted by Gasteiger charge is -2.05. The van der Waals surface area contributed by atoms with Crippen molar-refractivity contribution in [3.63, 3.8) is 0 Å². The standard InChI is InChI=1S/C17H14FN3O4/c18-11-3-5-12(6-4-11)24-10-13-7-8-15(25-13)17(23)21-20-16(22)14-2-1-9-19-14/h1-9,19H,10H2,(H,20,22)(H,21,23). The Hall–Kier alpha value is -3.55. The number of benzene rings is 1. The highest BCUT2D eigenvalue weighted by Crippen LogP contribution is 2.15. The van der Waals surface area contributed by atoms with Crippen LogP contribution in [0.2, 0.25) is 0 Å². The first-order valence-electron chi connectivity index (χ1n) is 7.33. The van der Waals surface area contributed by atoms with Gasteiger partial charge in [0, 0.05) is 6.20 Å². The summed E-state index contributed by atoms with van der Waals surface area (Å²) in [6.45, 7) is 0.0771. The van der Waals surface area contributed by atoms with Crippen molar-refractivity contribution in [1.82, 2.24) is 15.8 Å². The van der Waals surface area contributed by atoms with Gasteiger partial charge in [-0.05, 0) is 48.5 Å². The van der Waals surface area contributed by atoms with Gasteiger partial charge in [-0.25, -0.2) is 4.39 Å². The maximum Gasteiger partial charge on any atom is 0.305 e. The van der Waals surface area contributed by atoms with E-state index in [2.05, 4.69) is 15.8 Å². The number of nitrogens with one attached hydrogen (secondary N) is 3. The predicted octanol–water partition coefficient (Wildman–Crippen LogP) is 2.40. The van der Waals surface area contributed by atoms with Crippen LogP contribution in [0, 0.1) is 5.82 Å². The maximum absolute atomic E-state index is 12.8. The molecule has 2 heterocycles. The van der Waals surface area contributed by atoms with Crippen LogP contribution in [0.5, 0.6) is 5.75 Å². The fourth-order valence-electron chi connectivity index (χ4n) is 1.98. The van der Waals surface area contributed by atoms with Gasteiger partial charge in [-0.2, -0.15) is 0 Å². The number of furan rings is 1. The number of aromatic amines is 1. The van der Waals surface area contributed by atoms with Crippen LogP contribution in [-0.2, 0) is 6.61 Å². The van der Waals surface area contributed by atoms with E-state index in [-0.39, 0.29) is 18.2 Å². The van der Waals surface area contributed by atoms with Gasteiger partial charge in [0.1, 0.15) is 29.6 Å². The number of hydrogen-bond donors (Lipinski definition) is 3. The van der Waals surface area contributed by atoms with E-state index in [0.717, 1.165) is 0 Å². The Morgan fingerprint density at radius 3 is 2.52 bits per heavy atom. The van der Waals surface area contributed by atoms with Gasteiger partial charge in [0.25, 0.3) is 5.91 Å². The molecule has 3 rings (SSSR count). The first-order chi connectivity index (χ1) is 12.1. The van der Waals surface area contributed by atoms with Gasteiger partial charge >= 0.3 is 5.91 Å². The minimum atomic E-state index is -0.604. The molecule has 0 saturated carbocycles. The second-order valence-electron chi connectivity index (χ2n) is 5.00. The normalized spacial score (nSPS) is 10.3. The Bertz CT molecular complexity index is 856. The molecule has 0 fully saturated rings. The fourth-order valence-corrected chi connectivity index (χ4v) is 1.98. The summed E-state index contributed by atoms with van der Waals surface area (Å²) in [7, 11) is 0. The molecule has 0 atom stereocenters. The van der Waals surface area contributed by atoms with Crippen molar-refractivity contribution in [3.8, 4) is 5.75 Å². The van der Waals surface area contributed by atoms with Crippen molar-refractivity contribution >= 4 is 11.8 Å². The summed E-state index contributed by atoms with van der Waals surface area (Å²) in [4.78, 5) is 26.3. The Balaban J connectivity index is 1.51. The molecule has 0 radical (unpaired) electrons. The summed E-state index contributed by atoms with van der Waals surface area (Å²) in [6, 6.07) is 11.8. The van der Waals surface area contributed by atoms with Gasteiger partial charge in [0.15, 0.2) is 5.76 Å². The van der Waals surface area contributed by atoms with Crippen LogP contribution in [-0.4, -0.2) is 16.8 Å². The molecule has 0 aliphatic heterocycles. The molecule has 7 nitrogen and oxygen atoms in total. The van der Waals surface area contributed by atoms with Gasteiger partial charge in [0.2, 0.25) is 0 Å². The van der Waals surface area contributed by atoms with Gasteiger partial charge in [-0.3, -0.25) is 20.4 Å². The molecule has 25 heavy (non-hydrogen) atoms. The molecule has 8 heteroatoms. The fraction of sp³-hybridized carbons (Fsp3) is 0.0588. The Kier molecular flexibility index (Phi) is 4.79. The number of hydrazine groups is 1. The molecule has 0 saturated heterocycles. The maximum atomic E-state index is 12.8. The van der Waals surface area contributed by atoms with Crippen molar-refractivity contribution in [2.75, 3.05) is 0 Å².